The first kappa shape index (κ1) is 16.5. The zero-order chi connectivity index (χ0) is 16.9. The van der Waals surface area contributed by atoms with E-state index in [9.17, 15) is 9.59 Å². The van der Waals surface area contributed by atoms with Gasteiger partial charge in [0.2, 0.25) is 0 Å². The van der Waals surface area contributed by atoms with Crippen molar-refractivity contribution in [1.82, 2.24) is 15.2 Å². The van der Waals surface area contributed by atoms with Crippen LogP contribution >= 0.6 is 0 Å². The second-order valence-corrected chi connectivity index (χ2v) is 6.32. The Labute approximate surface area is 142 Å². The largest absolute Gasteiger partial charge is 0.367 e. The Bertz CT molecular complexity index is 690. The first-order valence-corrected chi connectivity index (χ1v) is 8.40. The van der Waals surface area contributed by atoms with Crippen LogP contribution in [0.25, 0.3) is 0 Å². The van der Waals surface area contributed by atoms with Gasteiger partial charge in [-0.15, -0.1) is 0 Å². The van der Waals surface area contributed by atoms with E-state index in [0.717, 1.165) is 32.5 Å². The molecule has 0 spiro atoms. The molecule has 5 heteroatoms. The van der Waals surface area contributed by atoms with E-state index in [0.29, 0.717) is 22.6 Å². The molecule has 1 aromatic carbocycles. The Morgan fingerprint density at radius 3 is 2.58 bits per heavy atom. The van der Waals surface area contributed by atoms with E-state index in [1.165, 1.54) is 0 Å². The summed E-state index contributed by atoms with van der Waals surface area (Å²) in [6, 6.07) is 8.72. The minimum atomic E-state index is -0.0395. The number of hydrogen-bond acceptors (Lipinski definition) is 3. The van der Waals surface area contributed by atoms with E-state index < -0.39 is 0 Å². The molecule has 2 N–H and O–H groups in total. The molecule has 1 saturated heterocycles. The molecule has 0 bridgehead atoms. The summed E-state index contributed by atoms with van der Waals surface area (Å²) >= 11 is 0. The summed E-state index contributed by atoms with van der Waals surface area (Å²) in [7, 11) is 1.95. The molecule has 1 fully saturated rings. The lowest BCUT2D eigenvalue weighted by molar-refractivity contribution is 0.0674. The van der Waals surface area contributed by atoms with Crippen LogP contribution in [0, 0.1) is 5.92 Å². The number of benzene rings is 1. The lowest BCUT2D eigenvalue weighted by Gasteiger charge is -2.32. The first-order valence-electron chi connectivity index (χ1n) is 8.40. The van der Waals surface area contributed by atoms with Crippen molar-refractivity contribution in [1.29, 1.82) is 0 Å². The Kier molecular flexibility index (Phi) is 5.11. The van der Waals surface area contributed by atoms with Crippen molar-refractivity contribution in [2.24, 2.45) is 5.92 Å². The molecular formula is C19H23N3O2. The average Bonchev–Trinajstić information content (AvgIpc) is 3.16. The van der Waals surface area contributed by atoms with Gasteiger partial charge in [-0.25, -0.2) is 0 Å². The summed E-state index contributed by atoms with van der Waals surface area (Å²) in [6.45, 7) is 2.54. The van der Waals surface area contributed by atoms with E-state index >= 15 is 0 Å². The Hall–Kier alpha value is -2.40. The van der Waals surface area contributed by atoms with Crippen LogP contribution in [0.5, 0.6) is 0 Å². The van der Waals surface area contributed by atoms with Crippen molar-refractivity contribution in [2.45, 2.75) is 12.8 Å². The number of carbonyl (C=O) groups excluding carboxylic acids is 2. The van der Waals surface area contributed by atoms with Gasteiger partial charge >= 0.3 is 0 Å². The van der Waals surface area contributed by atoms with E-state index in [4.69, 9.17) is 0 Å². The molecule has 0 unspecified atom stereocenters. The van der Waals surface area contributed by atoms with Crippen LogP contribution in [0.3, 0.4) is 0 Å². The van der Waals surface area contributed by atoms with Crippen molar-refractivity contribution in [3.8, 4) is 0 Å². The maximum Gasteiger partial charge on any atom is 0.253 e. The van der Waals surface area contributed by atoms with Crippen molar-refractivity contribution in [3.63, 3.8) is 0 Å². The second kappa shape index (κ2) is 7.45. The Morgan fingerprint density at radius 2 is 1.92 bits per heavy atom. The van der Waals surface area contributed by atoms with Gasteiger partial charge in [0.15, 0.2) is 5.78 Å². The third kappa shape index (κ3) is 3.57. The minimum Gasteiger partial charge on any atom is -0.367 e. The number of ketones is 1. The van der Waals surface area contributed by atoms with E-state index in [-0.39, 0.29) is 11.7 Å². The molecule has 2 heterocycles. The number of nitrogens with zero attached hydrogens (tertiary/aromatic N) is 1. The molecule has 1 aliphatic heterocycles. The van der Waals surface area contributed by atoms with Crippen LogP contribution in [0.4, 0.5) is 0 Å². The van der Waals surface area contributed by atoms with Gasteiger partial charge in [0.25, 0.3) is 5.91 Å². The van der Waals surface area contributed by atoms with E-state index in [1.54, 1.807) is 42.7 Å². The van der Waals surface area contributed by atoms with E-state index in [1.807, 2.05) is 11.9 Å². The SMILES string of the molecule is CNC[C@H]1CCCN(C(=O)c2ccc(C(=O)c3cc[nH]c3)cc2)C1. The number of aromatic amines is 1. The first-order chi connectivity index (χ1) is 11.7. The lowest BCUT2D eigenvalue weighted by Crippen LogP contribution is -2.42. The van der Waals surface area contributed by atoms with Crippen LogP contribution in [-0.4, -0.2) is 48.3 Å². The molecule has 1 atom stereocenters. The van der Waals surface area contributed by atoms with Gasteiger partial charge in [-0.1, -0.05) is 12.1 Å². The monoisotopic (exact) mass is 325 g/mol. The van der Waals surface area contributed by atoms with E-state index in [2.05, 4.69) is 10.3 Å². The highest BCUT2D eigenvalue weighted by Gasteiger charge is 2.24. The molecule has 1 amide bonds. The topological polar surface area (TPSA) is 65.2 Å². The molecule has 1 aliphatic rings. The van der Waals surface area contributed by atoms with Crippen LogP contribution in [0.1, 0.15) is 39.1 Å². The Balaban J connectivity index is 1.69. The number of piperidine rings is 1. The normalized spacial score (nSPS) is 17.7. The summed E-state index contributed by atoms with van der Waals surface area (Å²) in [6.07, 6.45) is 5.61. The molecular weight excluding hydrogens is 302 g/mol. The quantitative estimate of drug-likeness (QED) is 0.829. The molecule has 2 aromatic rings. The number of nitrogens with one attached hydrogen (secondary N) is 2. The van der Waals surface area contributed by atoms with Crippen molar-refractivity contribution in [3.05, 3.63) is 59.4 Å². The van der Waals surface area contributed by atoms with Gasteiger partial charge in [-0.05, 0) is 50.6 Å². The van der Waals surface area contributed by atoms with Gasteiger partial charge in [0.05, 0.1) is 0 Å². The van der Waals surface area contributed by atoms with Crippen LogP contribution < -0.4 is 5.32 Å². The van der Waals surface area contributed by atoms with Crippen LogP contribution in [-0.2, 0) is 0 Å². The van der Waals surface area contributed by atoms with Crippen LogP contribution in [0.2, 0.25) is 0 Å². The number of amides is 1. The highest BCUT2D eigenvalue weighted by atomic mass is 16.2. The summed E-state index contributed by atoms with van der Waals surface area (Å²) in [5.74, 6) is 0.529. The highest BCUT2D eigenvalue weighted by Crippen LogP contribution is 2.19. The number of likely N-dealkylation sites (tertiary alicyclic amines) is 1. The smallest absolute Gasteiger partial charge is 0.253 e. The number of carbonyl (C=O) groups is 2. The predicted molar refractivity (Wildman–Crippen MR) is 93.2 cm³/mol. The summed E-state index contributed by atoms with van der Waals surface area (Å²) in [5.41, 5.74) is 1.86. The van der Waals surface area contributed by atoms with Crippen molar-refractivity contribution >= 4 is 11.7 Å². The zero-order valence-electron chi connectivity index (χ0n) is 13.9. The predicted octanol–water partition coefficient (Wildman–Crippen LogP) is 2.32. The lowest BCUT2D eigenvalue weighted by atomic mass is 9.97. The number of aromatic nitrogens is 1. The third-order valence-electron chi connectivity index (χ3n) is 4.55. The fourth-order valence-electron chi connectivity index (χ4n) is 3.28. The maximum atomic E-state index is 12.7. The second-order valence-electron chi connectivity index (χ2n) is 6.32. The number of H-pyrrole nitrogens is 1. The number of rotatable bonds is 5. The molecule has 1 aromatic heterocycles. The minimum absolute atomic E-state index is 0.0395. The molecule has 3 rings (SSSR count). The standard InChI is InChI=1S/C19H23N3O2/c1-20-11-14-3-2-10-22(13-14)19(24)16-6-4-15(5-7-16)18(23)17-8-9-21-12-17/h4-9,12,14,20-21H,2-3,10-11,13H2,1H3/t14-/m1/s1. The highest BCUT2D eigenvalue weighted by molar-refractivity contribution is 6.09. The third-order valence-corrected chi connectivity index (χ3v) is 4.55. The van der Waals surface area contributed by atoms with Gasteiger partial charge in [-0.2, -0.15) is 0 Å². The van der Waals surface area contributed by atoms with Crippen molar-refractivity contribution < 1.29 is 9.59 Å². The fraction of sp³-hybridized carbons (Fsp3) is 0.368. The summed E-state index contributed by atoms with van der Waals surface area (Å²) in [5, 5.41) is 3.19. The number of hydrogen-bond donors (Lipinski definition) is 2. The fourth-order valence-corrected chi connectivity index (χ4v) is 3.28. The van der Waals surface area contributed by atoms with Gasteiger partial charge in [-0.3, -0.25) is 9.59 Å². The summed E-state index contributed by atoms with van der Waals surface area (Å²) in [4.78, 5) is 29.8. The average molecular weight is 325 g/mol. The van der Waals surface area contributed by atoms with Crippen LogP contribution in [0.15, 0.2) is 42.7 Å². The van der Waals surface area contributed by atoms with Crippen molar-refractivity contribution in [2.75, 3.05) is 26.7 Å². The maximum absolute atomic E-state index is 12.7. The van der Waals surface area contributed by atoms with Gasteiger partial charge in [0, 0.05) is 42.2 Å². The molecule has 126 valence electrons. The zero-order valence-corrected chi connectivity index (χ0v) is 13.9. The molecule has 0 aliphatic carbocycles. The molecule has 0 saturated carbocycles. The molecule has 0 radical (unpaired) electrons. The van der Waals surface area contributed by atoms with Gasteiger partial charge in [0.1, 0.15) is 0 Å². The summed E-state index contributed by atoms with van der Waals surface area (Å²) < 4.78 is 0. The molecule has 24 heavy (non-hydrogen) atoms. The molecule has 5 nitrogen and oxygen atoms in total. The Morgan fingerprint density at radius 1 is 1.17 bits per heavy atom. The van der Waals surface area contributed by atoms with Gasteiger partial charge < -0.3 is 15.2 Å².